The van der Waals surface area contributed by atoms with E-state index in [-0.39, 0.29) is 18.1 Å². The lowest BCUT2D eigenvalue weighted by molar-refractivity contribution is -0.124. The van der Waals surface area contributed by atoms with Crippen LogP contribution < -0.4 is 20.1 Å². The first kappa shape index (κ1) is 22.2. The predicted octanol–water partition coefficient (Wildman–Crippen LogP) is 4.43. The third kappa shape index (κ3) is 7.52. The van der Waals surface area contributed by atoms with Gasteiger partial charge in [0.15, 0.2) is 18.1 Å². The van der Waals surface area contributed by atoms with Gasteiger partial charge in [0.05, 0.1) is 6.61 Å². The summed E-state index contributed by atoms with van der Waals surface area (Å²) >= 11 is 3.60. The molecule has 2 rings (SSSR count). The number of carbonyl (C=O) groups is 1. The maximum Gasteiger partial charge on any atom is 0.258 e. The van der Waals surface area contributed by atoms with Crippen molar-refractivity contribution in [2.24, 2.45) is 0 Å². The summed E-state index contributed by atoms with van der Waals surface area (Å²) in [6.45, 7) is 9.64. The first-order chi connectivity index (χ1) is 13.3. The molecule has 28 heavy (non-hydrogen) atoms. The zero-order valence-electron chi connectivity index (χ0n) is 17.0. The van der Waals surface area contributed by atoms with Crippen molar-refractivity contribution >= 4 is 21.8 Å². The number of hydrogen-bond acceptors (Lipinski definition) is 4. The highest BCUT2D eigenvalue weighted by Crippen LogP contribution is 2.34. The van der Waals surface area contributed by atoms with Crippen LogP contribution >= 0.6 is 15.9 Å². The van der Waals surface area contributed by atoms with Gasteiger partial charge < -0.3 is 20.1 Å². The smallest absolute Gasteiger partial charge is 0.258 e. The second-order valence-corrected chi connectivity index (χ2v) is 8.35. The van der Waals surface area contributed by atoms with Crippen LogP contribution in [0.5, 0.6) is 11.5 Å². The average Bonchev–Trinajstić information content (AvgIpc) is 2.62. The minimum atomic E-state index is -0.294. The maximum atomic E-state index is 12.0. The van der Waals surface area contributed by atoms with Crippen molar-refractivity contribution in [1.82, 2.24) is 10.6 Å². The highest BCUT2D eigenvalue weighted by atomic mass is 79.9. The second-order valence-electron chi connectivity index (χ2n) is 7.50. The molecule has 0 saturated heterocycles. The molecule has 0 bridgehead atoms. The molecular formula is C22H29BrN2O3. The topological polar surface area (TPSA) is 59.6 Å². The van der Waals surface area contributed by atoms with Crippen molar-refractivity contribution in [3.63, 3.8) is 0 Å². The summed E-state index contributed by atoms with van der Waals surface area (Å²) < 4.78 is 12.4. The fourth-order valence-corrected chi connectivity index (χ4v) is 3.09. The van der Waals surface area contributed by atoms with E-state index in [0.29, 0.717) is 24.7 Å². The molecule has 1 amide bonds. The van der Waals surface area contributed by atoms with E-state index < -0.39 is 0 Å². The molecule has 2 N–H and O–H groups in total. The fraction of sp³-hybridized carbons (Fsp3) is 0.409. The van der Waals surface area contributed by atoms with Gasteiger partial charge in [-0.25, -0.2) is 0 Å². The van der Waals surface area contributed by atoms with Gasteiger partial charge in [-0.2, -0.15) is 0 Å². The standard InChI is InChI=1S/C22H29BrN2O3/c1-5-27-19-11-17(14-24-13-16-9-7-6-8-10-16)18(23)12-20(19)28-15-21(26)25-22(2,3)4/h6-12,24H,5,13-15H2,1-4H3,(H,25,26). The van der Waals surface area contributed by atoms with E-state index in [0.717, 1.165) is 16.6 Å². The lowest BCUT2D eigenvalue weighted by Crippen LogP contribution is -2.43. The van der Waals surface area contributed by atoms with Crippen LogP contribution in [0.4, 0.5) is 0 Å². The summed E-state index contributed by atoms with van der Waals surface area (Å²) in [6, 6.07) is 14.1. The normalized spacial score (nSPS) is 11.2. The highest BCUT2D eigenvalue weighted by molar-refractivity contribution is 9.10. The molecule has 0 atom stereocenters. The van der Waals surface area contributed by atoms with Gasteiger partial charge in [0.2, 0.25) is 0 Å². The highest BCUT2D eigenvalue weighted by Gasteiger charge is 2.16. The van der Waals surface area contributed by atoms with Gasteiger partial charge in [-0.15, -0.1) is 0 Å². The number of nitrogens with one attached hydrogen (secondary N) is 2. The van der Waals surface area contributed by atoms with Crippen LogP contribution in [0.3, 0.4) is 0 Å². The average molecular weight is 449 g/mol. The third-order valence-electron chi connectivity index (χ3n) is 3.77. The lowest BCUT2D eigenvalue weighted by Gasteiger charge is -2.21. The number of rotatable bonds is 9. The van der Waals surface area contributed by atoms with Crippen LogP contribution in [0.1, 0.15) is 38.8 Å². The van der Waals surface area contributed by atoms with E-state index in [1.165, 1.54) is 5.56 Å². The number of carbonyl (C=O) groups excluding carboxylic acids is 1. The molecule has 0 aliphatic rings. The zero-order valence-corrected chi connectivity index (χ0v) is 18.6. The van der Waals surface area contributed by atoms with Crippen LogP contribution in [-0.4, -0.2) is 24.7 Å². The molecule has 0 fully saturated rings. The van der Waals surface area contributed by atoms with Gasteiger partial charge in [-0.05, 0) is 51.0 Å². The van der Waals surface area contributed by atoms with Gasteiger partial charge >= 0.3 is 0 Å². The van der Waals surface area contributed by atoms with Crippen molar-refractivity contribution in [3.05, 3.63) is 58.1 Å². The van der Waals surface area contributed by atoms with E-state index in [9.17, 15) is 4.79 Å². The second kappa shape index (κ2) is 10.5. The van der Waals surface area contributed by atoms with Crippen molar-refractivity contribution in [1.29, 1.82) is 0 Å². The Morgan fingerprint density at radius 1 is 1.04 bits per heavy atom. The Kier molecular flexibility index (Phi) is 8.33. The molecule has 5 nitrogen and oxygen atoms in total. The van der Waals surface area contributed by atoms with Crippen LogP contribution in [0.2, 0.25) is 0 Å². The monoisotopic (exact) mass is 448 g/mol. The van der Waals surface area contributed by atoms with Gasteiger partial charge in [0.1, 0.15) is 0 Å². The van der Waals surface area contributed by atoms with E-state index in [2.05, 4.69) is 38.7 Å². The molecule has 0 saturated carbocycles. The Hall–Kier alpha value is -2.05. The summed E-state index contributed by atoms with van der Waals surface area (Å²) in [6.07, 6.45) is 0. The van der Waals surface area contributed by atoms with Crippen LogP contribution in [-0.2, 0) is 17.9 Å². The molecule has 0 aliphatic heterocycles. The molecule has 0 aliphatic carbocycles. The van der Waals surface area contributed by atoms with Crippen LogP contribution in [0, 0.1) is 0 Å². The molecule has 2 aromatic carbocycles. The van der Waals surface area contributed by atoms with Gasteiger partial charge in [0.25, 0.3) is 5.91 Å². The molecule has 6 heteroatoms. The fourth-order valence-electron chi connectivity index (χ4n) is 2.63. The summed E-state index contributed by atoms with van der Waals surface area (Å²) in [5, 5.41) is 6.32. The Morgan fingerprint density at radius 3 is 2.36 bits per heavy atom. The number of benzene rings is 2. The molecule has 152 valence electrons. The number of hydrogen-bond donors (Lipinski definition) is 2. The maximum absolute atomic E-state index is 12.0. The number of ether oxygens (including phenoxy) is 2. The van der Waals surface area contributed by atoms with Gasteiger partial charge in [-0.3, -0.25) is 4.79 Å². The molecule has 0 unspecified atom stereocenters. The van der Waals surface area contributed by atoms with E-state index in [1.54, 1.807) is 0 Å². The Balaban J connectivity index is 2.02. The van der Waals surface area contributed by atoms with E-state index in [4.69, 9.17) is 9.47 Å². The Morgan fingerprint density at radius 2 is 1.71 bits per heavy atom. The lowest BCUT2D eigenvalue weighted by atomic mass is 10.1. The predicted molar refractivity (Wildman–Crippen MR) is 116 cm³/mol. The van der Waals surface area contributed by atoms with Crippen molar-refractivity contribution in [2.45, 2.75) is 46.3 Å². The molecule has 2 aromatic rings. The van der Waals surface area contributed by atoms with Crippen LogP contribution in [0.25, 0.3) is 0 Å². The SMILES string of the molecule is CCOc1cc(CNCc2ccccc2)c(Br)cc1OCC(=O)NC(C)(C)C. The molecule has 0 heterocycles. The van der Waals surface area contributed by atoms with Crippen molar-refractivity contribution in [2.75, 3.05) is 13.2 Å². The number of amides is 1. The van der Waals surface area contributed by atoms with E-state index >= 15 is 0 Å². The molecular weight excluding hydrogens is 420 g/mol. The van der Waals surface area contributed by atoms with Crippen LogP contribution in [0.15, 0.2) is 46.9 Å². The third-order valence-corrected chi connectivity index (χ3v) is 4.51. The zero-order chi connectivity index (χ0) is 20.6. The summed E-state index contributed by atoms with van der Waals surface area (Å²) in [4.78, 5) is 12.0. The van der Waals surface area contributed by atoms with E-state index in [1.807, 2.05) is 58.0 Å². The first-order valence-electron chi connectivity index (χ1n) is 9.42. The first-order valence-corrected chi connectivity index (χ1v) is 10.2. The number of halogens is 1. The molecule has 0 spiro atoms. The molecule has 0 aromatic heterocycles. The molecule has 0 radical (unpaired) electrons. The van der Waals surface area contributed by atoms with Gasteiger partial charge in [-0.1, -0.05) is 46.3 Å². The quantitative estimate of drug-likeness (QED) is 0.595. The Bertz CT molecular complexity index is 773. The van der Waals surface area contributed by atoms with Crippen molar-refractivity contribution in [3.8, 4) is 11.5 Å². The summed E-state index contributed by atoms with van der Waals surface area (Å²) in [7, 11) is 0. The minimum Gasteiger partial charge on any atom is -0.490 e. The minimum absolute atomic E-state index is 0.0601. The Labute approximate surface area is 175 Å². The summed E-state index contributed by atoms with van der Waals surface area (Å²) in [5.74, 6) is 1.01. The summed E-state index contributed by atoms with van der Waals surface area (Å²) in [5.41, 5.74) is 2.00. The van der Waals surface area contributed by atoms with Crippen molar-refractivity contribution < 1.29 is 14.3 Å². The van der Waals surface area contributed by atoms with Gasteiger partial charge in [0, 0.05) is 23.1 Å². The largest absolute Gasteiger partial charge is 0.490 e.